The third-order valence-electron chi connectivity index (χ3n) is 10.5. The number of halogens is 1. The van der Waals surface area contributed by atoms with Crippen LogP contribution in [0.4, 0.5) is 4.39 Å². The molecule has 7 nitrogen and oxygen atoms in total. The van der Waals surface area contributed by atoms with Gasteiger partial charge in [0.2, 0.25) is 5.91 Å². The van der Waals surface area contributed by atoms with E-state index in [1.165, 1.54) is 0 Å². The normalized spacial score (nSPS) is 38.7. The van der Waals surface area contributed by atoms with Crippen LogP contribution >= 0.6 is 0 Å². The van der Waals surface area contributed by atoms with Crippen LogP contribution in [0.5, 0.6) is 0 Å². The molecule has 2 amide bonds. The van der Waals surface area contributed by atoms with Gasteiger partial charge in [-0.15, -0.1) is 0 Å². The molecule has 0 aromatic carbocycles. The Balaban J connectivity index is 1.21. The maximum Gasteiger partial charge on any atom is 0.282 e. The van der Waals surface area contributed by atoms with Crippen LogP contribution in [0, 0.1) is 34.5 Å². The van der Waals surface area contributed by atoms with E-state index in [2.05, 4.69) is 34.1 Å². The third-order valence-corrected chi connectivity index (χ3v) is 10.5. The molecule has 1 aliphatic heterocycles. The summed E-state index contributed by atoms with van der Waals surface area (Å²) in [5.41, 5.74) is 1.11. The third kappa shape index (κ3) is 3.28. The Labute approximate surface area is 211 Å². The molecule has 0 spiro atoms. The van der Waals surface area contributed by atoms with Crippen LogP contribution in [0.2, 0.25) is 0 Å². The number of imidazole rings is 1. The van der Waals surface area contributed by atoms with Crippen LogP contribution < -0.4 is 5.32 Å². The Hall–Kier alpha value is -2.77. The number of carbonyl (C=O) groups excluding carboxylic acids is 2. The van der Waals surface area contributed by atoms with Crippen molar-refractivity contribution in [1.82, 2.24) is 25.2 Å². The second kappa shape index (κ2) is 8.12. The minimum Gasteiger partial charge on any atom is -0.346 e. The first kappa shape index (κ1) is 23.6. The predicted octanol–water partition coefficient (Wildman–Crippen LogP) is 4.69. The van der Waals surface area contributed by atoms with E-state index in [4.69, 9.17) is 0 Å². The van der Waals surface area contributed by atoms with Gasteiger partial charge in [-0.2, -0.15) is 0 Å². The maximum absolute atomic E-state index is 14.6. The standard InChI is InChI=1S/C28H36FN5O2/c1-15(23-32-21-6-5-13-30-24(21)33-23)31-25(35)19-9-8-17-16-7-10-22-28(3,14-20(29)26(36)34(22)4)18(16)11-12-27(17,19)2/h5-6,13-19,22H,7-12H2,1-4H3,(H,31,35)(H,30,32,33)/t15-,16+,17+,18-,19?,22?,27+,28-/m1/s1. The molecule has 3 heterocycles. The fraction of sp³-hybridized carbons (Fsp3) is 0.643. The van der Waals surface area contributed by atoms with Gasteiger partial charge in [-0.05, 0) is 86.8 Å². The second-order valence-electron chi connectivity index (χ2n) is 12.1. The van der Waals surface area contributed by atoms with Gasteiger partial charge in [0.25, 0.3) is 5.91 Å². The van der Waals surface area contributed by atoms with Gasteiger partial charge >= 0.3 is 0 Å². The van der Waals surface area contributed by atoms with E-state index in [1.54, 1.807) is 24.2 Å². The molecule has 192 valence electrons. The molecule has 2 unspecified atom stereocenters. The highest BCUT2D eigenvalue weighted by Crippen LogP contribution is 2.65. The number of fused-ring (bicyclic) bond motifs is 6. The van der Waals surface area contributed by atoms with Crippen LogP contribution in [-0.4, -0.2) is 44.8 Å². The summed E-state index contributed by atoms with van der Waals surface area (Å²) in [5.74, 6) is 0.917. The van der Waals surface area contributed by atoms with Crippen LogP contribution in [0.3, 0.4) is 0 Å². The summed E-state index contributed by atoms with van der Waals surface area (Å²) < 4.78 is 14.6. The molecule has 36 heavy (non-hydrogen) atoms. The SMILES string of the molecule is C[C@@H](NC(=O)C1CC[C@H]2[C@@H]3CCC4N(C)C(=O)C(F)=C[C@]4(C)[C@@H]3CC[C@]12C)c1nc2cccnc2[nH]1. The topological polar surface area (TPSA) is 91.0 Å². The Morgan fingerprint density at radius 3 is 2.81 bits per heavy atom. The van der Waals surface area contributed by atoms with E-state index in [1.807, 2.05) is 19.1 Å². The van der Waals surface area contributed by atoms with Gasteiger partial charge in [0.15, 0.2) is 11.5 Å². The van der Waals surface area contributed by atoms with E-state index in [9.17, 15) is 14.0 Å². The van der Waals surface area contributed by atoms with Gasteiger partial charge in [-0.1, -0.05) is 13.8 Å². The Kier molecular flexibility index (Phi) is 5.33. The summed E-state index contributed by atoms with van der Waals surface area (Å²) in [4.78, 5) is 39.7. The first-order chi connectivity index (χ1) is 17.1. The van der Waals surface area contributed by atoms with Crippen molar-refractivity contribution in [3.63, 3.8) is 0 Å². The first-order valence-electron chi connectivity index (χ1n) is 13.4. The molecule has 3 saturated carbocycles. The number of pyridine rings is 1. The van der Waals surface area contributed by atoms with Crippen molar-refractivity contribution in [2.45, 2.75) is 71.4 Å². The fourth-order valence-electron chi connectivity index (χ4n) is 8.71. The van der Waals surface area contributed by atoms with E-state index in [-0.39, 0.29) is 34.7 Å². The summed E-state index contributed by atoms with van der Waals surface area (Å²) >= 11 is 0. The summed E-state index contributed by atoms with van der Waals surface area (Å²) in [6, 6.07) is 3.58. The van der Waals surface area contributed by atoms with Crippen molar-refractivity contribution < 1.29 is 14.0 Å². The zero-order valence-electron chi connectivity index (χ0n) is 21.6. The zero-order chi connectivity index (χ0) is 25.4. The smallest absolute Gasteiger partial charge is 0.282 e. The molecule has 0 bridgehead atoms. The van der Waals surface area contributed by atoms with Crippen molar-refractivity contribution in [3.05, 3.63) is 36.1 Å². The molecule has 2 aromatic heterocycles. The molecule has 2 N–H and O–H groups in total. The number of nitrogens with one attached hydrogen (secondary N) is 2. The lowest BCUT2D eigenvalue weighted by molar-refractivity contribution is -0.145. The molecule has 6 rings (SSSR count). The van der Waals surface area contributed by atoms with Crippen molar-refractivity contribution in [2.24, 2.45) is 34.5 Å². The molecular weight excluding hydrogens is 457 g/mol. The van der Waals surface area contributed by atoms with Gasteiger partial charge in [0.1, 0.15) is 11.3 Å². The van der Waals surface area contributed by atoms with E-state index >= 15 is 0 Å². The number of hydrogen-bond donors (Lipinski definition) is 2. The Bertz CT molecular complexity index is 1220. The lowest BCUT2D eigenvalue weighted by atomic mass is 9.47. The van der Waals surface area contributed by atoms with Crippen LogP contribution in [0.15, 0.2) is 30.2 Å². The van der Waals surface area contributed by atoms with Crippen molar-refractivity contribution >= 4 is 23.0 Å². The highest BCUT2D eigenvalue weighted by atomic mass is 19.1. The second-order valence-corrected chi connectivity index (χ2v) is 12.1. The summed E-state index contributed by atoms with van der Waals surface area (Å²) in [5, 5.41) is 3.23. The molecule has 3 aliphatic carbocycles. The van der Waals surface area contributed by atoms with Gasteiger partial charge in [0, 0.05) is 30.6 Å². The number of likely N-dealkylation sites (N-methyl/N-ethyl adjacent to an activating group) is 1. The van der Waals surface area contributed by atoms with Gasteiger partial charge < -0.3 is 15.2 Å². The molecular formula is C28H36FN5O2. The summed E-state index contributed by atoms with van der Waals surface area (Å²) in [6.07, 6.45) is 9.13. The Morgan fingerprint density at radius 2 is 2.03 bits per heavy atom. The number of nitrogens with zero attached hydrogens (tertiary/aromatic N) is 3. The van der Waals surface area contributed by atoms with Crippen LogP contribution in [0.25, 0.3) is 11.2 Å². The minimum absolute atomic E-state index is 0.0400. The van der Waals surface area contributed by atoms with E-state index in [0.717, 1.165) is 55.5 Å². The number of amides is 2. The fourth-order valence-corrected chi connectivity index (χ4v) is 8.71. The molecule has 8 heteroatoms. The summed E-state index contributed by atoms with van der Waals surface area (Å²) in [7, 11) is 1.75. The number of H-pyrrole nitrogens is 1. The minimum atomic E-state index is -0.608. The quantitative estimate of drug-likeness (QED) is 0.649. The number of rotatable bonds is 3. The number of hydrogen-bond acceptors (Lipinski definition) is 4. The van der Waals surface area contributed by atoms with Crippen molar-refractivity contribution in [1.29, 1.82) is 0 Å². The molecule has 0 saturated heterocycles. The van der Waals surface area contributed by atoms with Crippen molar-refractivity contribution in [2.75, 3.05) is 7.05 Å². The van der Waals surface area contributed by atoms with Crippen molar-refractivity contribution in [3.8, 4) is 0 Å². The number of aromatic amines is 1. The molecule has 0 radical (unpaired) electrons. The maximum atomic E-state index is 14.6. The monoisotopic (exact) mass is 493 g/mol. The Morgan fingerprint density at radius 1 is 1.22 bits per heavy atom. The van der Waals surface area contributed by atoms with Crippen LogP contribution in [0.1, 0.15) is 71.2 Å². The lowest BCUT2D eigenvalue weighted by Gasteiger charge is -2.60. The van der Waals surface area contributed by atoms with E-state index < -0.39 is 11.7 Å². The average molecular weight is 494 g/mol. The largest absolute Gasteiger partial charge is 0.346 e. The van der Waals surface area contributed by atoms with Gasteiger partial charge in [-0.25, -0.2) is 14.4 Å². The highest BCUT2D eigenvalue weighted by Gasteiger charge is 2.62. The van der Waals surface area contributed by atoms with Gasteiger partial charge in [-0.3, -0.25) is 9.59 Å². The lowest BCUT2D eigenvalue weighted by Crippen LogP contribution is -2.60. The molecule has 4 aliphatic rings. The predicted molar refractivity (Wildman–Crippen MR) is 134 cm³/mol. The van der Waals surface area contributed by atoms with Crippen LogP contribution in [-0.2, 0) is 9.59 Å². The highest BCUT2D eigenvalue weighted by molar-refractivity contribution is 5.92. The van der Waals surface area contributed by atoms with E-state index in [0.29, 0.717) is 17.8 Å². The summed E-state index contributed by atoms with van der Waals surface area (Å²) in [6.45, 7) is 6.43. The van der Waals surface area contributed by atoms with Gasteiger partial charge in [0.05, 0.1) is 6.04 Å². The molecule has 3 fully saturated rings. The molecule has 8 atom stereocenters. The number of aromatic nitrogens is 3. The number of carbonyl (C=O) groups is 2. The first-order valence-corrected chi connectivity index (χ1v) is 13.4. The average Bonchev–Trinajstić information content (AvgIpc) is 3.43. The molecule has 2 aromatic rings. The zero-order valence-corrected chi connectivity index (χ0v) is 21.6.